The van der Waals surface area contributed by atoms with Gasteiger partial charge in [-0.05, 0) is 6.07 Å². The van der Waals surface area contributed by atoms with Crippen LogP contribution in [0.2, 0.25) is 0 Å². The zero-order valence-electron chi connectivity index (χ0n) is 12.2. The summed E-state index contributed by atoms with van der Waals surface area (Å²) in [5.74, 6) is -0.212. The third-order valence-corrected chi connectivity index (χ3v) is 2.91. The van der Waals surface area contributed by atoms with Gasteiger partial charge in [0.15, 0.2) is 0 Å². The number of carbonyl (C=O) groups is 1. The van der Waals surface area contributed by atoms with Gasteiger partial charge in [-0.25, -0.2) is 14.4 Å². The van der Waals surface area contributed by atoms with Crippen molar-refractivity contribution in [2.24, 2.45) is 0 Å². The summed E-state index contributed by atoms with van der Waals surface area (Å²) in [5, 5.41) is 5.64. The number of benzene rings is 1. The van der Waals surface area contributed by atoms with E-state index >= 15 is 0 Å². The highest BCUT2D eigenvalue weighted by Crippen LogP contribution is 2.07. The first-order valence-electron chi connectivity index (χ1n) is 6.77. The average molecular weight is 304 g/mol. The second kappa shape index (κ2) is 8.04. The highest BCUT2D eigenvalue weighted by Gasteiger charge is 2.09. The van der Waals surface area contributed by atoms with E-state index in [1.165, 1.54) is 18.5 Å². The van der Waals surface area contributed by atoms with E-state index in [0.717, 1.165) is 0 Å². The molecule has 1 aromatic heterocycles. The summed E-state index contributed by atoms with van der Waals surface area (Å²) >= 11 is 0. The number of methoxy groups -OCH3 is 1. The van der Waals surface area contributed by atoms with E-state index in [9.17, 15) is 9.18 Å². The van der Waals surface area contributed by atoms with Crippen LogP contribution in [0.4, 0.5) is 10.2 Å². The number of aromatic nitrogens is 2. The maximum atomic E-state index is 13.5. The van der Waals surface area contributed by atoms with Crippen LogP contribution in [0.25, 0.3) is 0 Å². The summed E-state index contributed by atoms with van der Waals surface area (Å²) in [4.78, 5) is 20.0. The van der Waals surface area contributed by atoms with Crippen LogP contribution in [-0.2, 0) is 11.3 Å². The standard InChI is InChI=1S/C15H17FN4O2/c1-22-7-6-17-14-8-13(19-10-20-14)15(21)18-9-11-4-2-3-5-12(11)16/h2-5,8,10H,6-7,9H2,1H3,(H,18,21)(H,17,19,20). The van der Waals surface area contributed by atoms with E-state index < -0.39 is 0 Å². The molecule has 0 spiro atoms. The Balaban J connectivity index is 1.95. The molecule has 2 rings (SSSR count). The van der Waals surface area contributed by atoms with E-state index in [1.54, 1.807) is 25.3 Å². The second-order valence-corrected chi connectivity index (χ2v) is 4.48. The molecule has 116 valence electrons. The highest BCUT2D eigenvalue weighted by atomic mass is 19.1. The topological polar surface area (TPSA) is 76.1 Å². The van der Waals surface area contributed by atoms with Crippen LogP contribution in [-0.4, -0.2) is 36.1 Å². The lowest BCUT2D eigenvalue weighted by atomic mass is 10.2. The number of halogens is 1. The number of carbonyl (C=O) groups excluding carboxylic acids is 1. The molecular weight excluding hydrogens is 287 g/mol. The number of anilines is 1. The third-order valence-electron chi connectivity index (χ3n) is 2.91. The summed E-state index contributed by atoms with van der Waals surface area (Å²) in [6.07, 6.45) is 1.30. The zero-order chi connectivity index (χ0) is 15.8. The first-order valence-corrected chi connectivity index (χ1v) is 6.77. The van der Waals surface area contributed by atoms with Crippen LogP contribution in [0.15, 0.2) is 36.7 Å². The monoisotopic (exact) mass is 304 g/mol. The van der Waals surface area contributed by atoms with Crippen LogP contribution in [0.3, 0.4) is 0 Å². The van der Waals surface area contributed by atoms with Crippen molar-refractivity contribution in [3.8, 4) is 0 Å². The van der Waals surface area contributed by atoms with E-state index in [4.69, 9.17) is 4.74 Å². The van der Waals surface area contributed by atoms with E-state index in [1.807, 2.05) is 0 Å². The molecule has 1 amide bonds. The van der Waals surface area contributed by atoms with Gasteiger partial charge in [-0.15, -0.1) is 0 Å². The van der Waals surface area contributed by atoms with Crippen LogP contribution >= 0.6 is 0 Å². The SMILES string of the molecule is COCCNc1cc(C(=O)NCc2ccccc2F)ncn1. The fourth-order valence-corrected chi connectivity index (χ4v) is 1.77. The Labute approximate surface area is 127 Å². The fourth-order valence-electron chi connectivity index (χ4n) is 1.77. The molecule has 0 unspecified atom stereocenters. The largest absolute Gasteiger partial charge is 0.383 e. The molecule has 0 radical (unpaired) electrons. The van der Waals surface area contributed by atoms with E-state index in [2.05, 4.69) is 20.6 Å². The number of ether oxygens (including phenoxy) is 1. The van der Waals surface area contributed by atoms with Gasteiger partial charge in [-0.3, -0.25) is 4.79 Å². The summed E-state index contributed by atoms with van der Waals surface area (Å²) < 4.78 is 18.4. The highest BCUT2D eigenvalue weighted by molar-refractivity contribution is 5.92. The minimum Gasteiger partial charge on any atom is -0.383 e. The Bertz CT molecular complexity index is 636. The number of amides is 1. The van der Waals surface area contributed by atoms with Gasteiger partial charge in [0.1, 0.15) is 23.7 Å². The van der Waals surface area contributed by atoms with Gasteiger partial charge in [0.25, 0.3) is 5.91 Å². The van der Waals surface area contributed by atoms with Gasteiger partial charge in [-0.1, -0.05) is 18.2 Å². The Morgan fingerprint density at radius 2 is 2.14 bits per heavy atom. The van der Waals surface area contributed by atoms with E-state index in [-0.39, 0.29) is 24.0 Å². The quantitative estimate of drug-likeness (QED) is 0.760. The molecule has 22 heavy (non-hydrogen) atoms. The van der Waals surface area contributed by atoms with Crippen molar-refractivity contribution >= 4 is 11.7 Å². The molecule has 0 atom stereocenters. The zero-order valence-corrected chi connectivity index (χ0v) is 12.2. The van der Waals surface area contributed by atoms with Gasteiger partial charge >= 0.3 is 0 Å². The van der Waals surface area contributed by atoms with Crippen molar-refractivity contribution in [2.45, 2.75) is 6.54 Å². The Morgan fingerprint density at radius 1 is 1.32 bits per heavy atom. The van der Waals surface area contributed by atoms with Crippen molar-refractivity contribution in [3.05, 3.63) is 53.7 Å². The smallest absolute Gasteiger partial charge is 0.270 e. The maximum Gasteiger partial charge on any atom is 0.270 e. The number of rotatable bonds is 7. The molecule has 0 aliphatic heterocycles. The van der Waals surface area contributed by atoms with Crippen molar-refractivity contribution in [1.82, 2.24) is 15.3 Å². The van der Waals surface area contributed by atoms with Gasteiger partial charge in [-0.2, -0.15) is 0 Å². The molecule has 0 saturated carbocycles. The second-order valence-electron chi connectivity index (χ2n) is 4.48. The Morgan fingerprint density at radius 3 is 2.91 bits per heavy atom. The van der Waals surface area contributed by atoms with Crippen molar-refractivity contribution < 1.29 is 13.9 Å². The molecule has 0 saturated heterocycles. The first-order chi connectivity index (χ1) is 10.7. The van der Waals surface area contributed by atoms with Gasteiger partial charge in [0.05, 0.1) is 6.61 Å². The Hall–Kier alpha value is -2.54. The van der Waals surface area contributed by atoms with Crippen LogP contribution in [0.1, 0.15) is 16.1 Å². The first kappa shape index (κ1) is 15.8. The van der Waals surface area contributed by atoms with Gasteiger partial charge < -0.3 is 15.4 Å². The molecule has 0 aliphatic rings. The molecule has 1 heterocycles. The van der Waals surface area contributed by atoms with Crippen molar-refractivity contribution in [2.75, 3.05) is 25.6 Å². The van der Waals surface area contributed by atoms with Crippen LogP contribution in [0, 0.1) is 5.82 Å². The molecule has 1 aromatic carbocycles. The number of nitrogens with zero attached hydrogens (tertiary/aromatic N) is 2. The molecule has 2 N–H and O–H groups in total. The molecular formula is C15H17FN4O2. The third kappa shape index (κ3) is 4.49. The lowest BCUT2D eigenvalue weighted by Crippen LogP contribution is -2.24. The predicted molar refractivity (Wildman–Crippen MR) is 80.0 cm³/mol. The number of hydrogen-bond donors (Lipinski definition) is 2. The van der Waals surface area contributed by atoms with E-state index in [0.29, 0.717) is 24.5 Å². The Kier molecular flexibility index (Phi) is 5.79. The normalized spacial score (nSPS) is 10.3. The summed E-state index contributed by atoms with van der Waals surface area (Å²) in [6.45, 7) is 1.20. The molecule has 7 heteroatoms. The predicted octanol–water partition coefficient (Wildman–Crippen LogP) is 1.60. The molecule has 0 bridgehead atoms. The van der Waals surface area contributed by atoms with Crippen LogP contribution < -0.4 is 10.6 Å². The van der Waals surface area contributed by atoms with Gasteiger partial charge in [0.2, 0.25) is 0 Å². The molecule has 2 aromatic rings. The van der Waals surface area contributed by atoms with Crippen molar-refractivity contribution in [1.29, 1.82) is 0 Å². The molecule has 0 fully saturated rings. The average Bonchev–Trinajstić information content (AvgIpc) is 2.54. The van der Waals surface area contributed by atoms with Crippen LogP contribution in [0.5, 0.6) is 0 Å². The lowest BCUT2D eigenvalue weighted by Gasteiger charge is -2.08. The summed E-state index contributed by atoms with van der Waals surface area (Å²) in [5.41, 5.74) is 0.634. The maximum absolute atomic E-state index is 13.5. The minimum atomic E-state index is -0.388. The lowest BCUT2D eigenvalue weighted by molar-refractivity contribution is 0.0945. The number of hydrogen-bond acceptors (Lipinski definition) is 5. The van der Waals surface area contributed by atoms with Crippen molar-refractivity contribution in [3.63, 3.8) is 0 Å². The van der Waals surface area contributed by atoms with Gasteiger partial charge in [0, 0.05) is 31.8 Å². The molecule has 0 aliphatic carbocycles. The summed E-state index contributed by atoms with van der Waals surface area (Å²) in [6, 6.07) is 7.82. The molecule has 6 nitrogen and oxygen atoms in total. The summed E-state index contributed by atoms with van der Waals surface area (Å²) in [7, 11) is 1.60. The minimum absolute atomic E-state index is 0.0992. The number of nitrogens with one attached hydrogen (secondary N) is 2. The fraction of sp³-hybridized carbons (Fsp3) is 0.267.